The molecule has 0 radical (unpaired) electrons. The minimum Gasteiger partial charge on any atom is -0.414 e. The molecule has 22 heavy (non-hydrogen) atoms. The third-order valence-corrected chi connectivity index (χ3v) is 4.02. The molecule has 0 saturated carbocycles. The zero-order valence-corrected chi connectivity index (χ0v) is 12.9. The van der Waals surface area contributed by atoms with Gasteiger partial charge in [0.05, 0.1) is 6.54 Å². The van der Waals surface area contributed by atoms with E-state index in [4.69, 9.17) is 4.42 Å². The standard InChI is InChI=1S/C14H15F2N3O2S/c1-3-8(2)22-14-19-18-11(21-14)7-17-13(20)12-9(15)5-4-6-10(12)16/h4-6,8H,3,7H2,1-2H3,(H,17,20). The second-order valence-corrected chi connectivity index (χ2v) is 5.97. The summed E-state index contributed by atoms with van der Waals surface area (Å²) in [7, 11) is 0. The van der Waals surface area contributed by atoms with E-state index < -0.39 is 23.1 Å². The van der Waals surface area contributed by atoms with Crippen LogP contribution in [-0.2, 0) is 6.54 Å². The number of rotatable bonds is 6. The summed E-state index contributed by atoms with van der Waals surface area (Å²) < 4.78 is 32.3. The molecular weight excluding hydrogens is 312 g/mol. The molecule has 1 heterocycles. The Hall–Kier alpha value is -1.96. The van der Waals surface area contributed by atoms with Gasteiger partial charge < -0.3 is 9.73 Å². The van der Waals surface area contributed by atoms with Crippen molar-refractivity contribution in [1.82, 2.24) is 15.5 Å². The van der Waals surface area contributed by atoms with Crippen molar-refractivity contribution >= 4 is 17.7 Å². The first-order valence-electron chi connectivity index (χ1n) is 6.72. The van der Waals surface area contributed by atoms with Crippen molar-refractivity contribution < 1.29 is 18.0 Å². The molecule has 1 N–H and O–H groups in total. The number of halogens is 2. The minimum atomic E-state index is -0.920. The fraction of sp³-hybridized carbons (Fsp3) is 0.357. The summed E-state index contributed by atoms with van der Waals surface area (Å²) >= 11 is 1.43. The number of amides is 1. The lowest BCUT2D eigenvalue weighted by molar-refractivity contribution is 0.0938. The van der Waals surface area contributed by atoms with Crippen molar-refractivity contribution in [3.63, 3.8) is 0 Å². The van der Waals surface area contributed by atoms with Gasteiger partial charge in [-0.25, -0.2) is 8.78 Å². The highest BCUT2D eigenvalue weighted by Crippen LogP contribution is 2.23. The van der Waals surface area contributed by atoms with E-state index in [1.165, 1.54) is 17.8 Å². The molecule has 2 rings (SSSR count). The Kier molecular flexibility index (Phi) is 5.48. The number of hydrogen-bond donors (Lipinski definition) is 1. The van der Waals surface area contributed by atoms with Gasteiger partial charge in [0.1, 0.15) is 17.2 Å². The summed E-state index contributed by atoms with van der Waals surface area (Å²) in [5.74, 6) is -2.53. The molecule has 1 atom stereocenters. The molecule has 1 amide bonds. The second kappa shape index (κ2) is 7.35. The monoisotopic (exact) mass is 327 g/mol. The van der Waals surface area contributed by atoms with Crippen LogP contribution in [0.25, 0.3) is 0 Å². The Morgan fingerprint density at radius 2 is 2.05 bits per heavy atom. The van der Waals surface area contributed by atoms with Gasteiger partial charge in [-0.05, 0) is 18.6 Å². The molecule has 0 aliphatic carbocycles. The molecule has 0 bridgehead atoms. The predicted octanol–water partition coefficient (Wildman–Crippen LogP) is 3.17. The quantitative estimate of drug-likeness (QED) is 0.825. The average molecular weight is 327 g/mol. The van der Waals surface area contributed by atoms with E-state index >= 15 is 0 Å². The Labute approximate surface area is 130 Å². The summed E-state index contributed by atoms with van der Waals surface area (Å²) in [6, 6.07) is 3.23. The maximum atomic E-state index is 13.5. The zero-order valence-electron chi connectivity index (χ0n) is 12.1. The van der Waals surface area contributed by atoms with Crippen LogP contribution in [0.4, 0.5) is 8.78 Å². The van der Waals surface area contributed by atoms with Gasteiger partial charge in [0.25, 0.3) is 11.1 Å². The van der Waals surface area contributed by atoms with Crippen molar-refractivity contribution in [2.45, 2.75) is 37.3 Å². The number of carbonyl (C=O) groups excluding carboxylic acids is 1. The maximum Gasteiger partial charge on any atom is 0.276 e. The molecule has 1 aromatic carbocycles. The van der Waals surface area contributed by atoms with Gasteiger partial charge in [-0.1, -0.05) is 31.7 Å². The molecule has 2 aromatic rings. The number of nitrogens with zero attached hydrogens (tertiary/aromatic N) is 2. The first kappa shape index (κ1) is 16.4. The average Bonchev–Trinajstić information content (AvgIpc) is 2.92. The zero-order chi connectivity index (χ0) is 16.1. The summed E-state index contributed by atoms with van der Waals surface area (Å²) in [6.07, 6.45) is 0.950. The number of benzene rings is 1. The highest BCUT2D eigenvalue weighted by Gasteiger charge is 2.18. The second-order valence-electron chi connectivity index (χ2n) is 4.58. The van der Waals surface area contributed by atoms with Crippen LogP contribution < -0.4 is 5.32 Å². The largest absolute Gasteiger partial charge is 0.414 e. The number of thioether (sulfide) groups is 1. The lowest BCUT2D eigenvalue weighted by Gasteiger charge is -2.05. The molecule has 1 aromatic heterocycles. The van der Waals surface area contributed by atoms with Crippen LogP contribution in [0.2, 0.25) is 0 Å². The Balaban J connectivity index is 1.97. The molecule has 0 saturated heterocycles. The van der Waals surface area contributed by atoms with E-state index in [0.29, 0.717) is 10.5 Å². The van der Waals surface area contributed by atoms with Gasteiger partial charge in [0.2, 0.25) is 5.89 Å². The molecule has 118 valence electrons. The predicted molar refractivity (Wildman–Crippen MR) is 77.4 cm³/mol. The van der Waals surface area contributed by atoms with Crippen LogP contribution in [0, 0.1) is 11.6 Å². The van der Waals surface area contributed by atoms with Crippen molar-refractivity contribution in [3.05, 3.63) is 41.3 Å². The Morgan fingerprint density at radius 1 is 1.36 bits per heavy atom. The smallest absolute Gasteiger partial charge is 0.276 e. The Morgan fingerprint density at radius 3 is 2.68 bits per heavy atom. The summed E-state index contributed by atoms with van der Waals surface area (Å²) in [4.78, 5) is 11.8. The summed E-state index contributed by atoms with van der Waals surface area (Å²) in [6.45, 7) is 3.97. The van der Waals surface area contributed by atoms with E-state index in [9.17, 15) is 13.6 Å². The molecule has 8 heteroatoms. The van der Waals surface area contributed by atoms with E-state index in [2.05, 4.69) is 15.5 Å². The van der Waals surface area contributed by atoms with Crippen LogP contribution in [0.3, 0.4) is 0 Å². The van der Waals surface area contributed by atoms with Gasteiger partial charge in [0, 0.05) is 5.25 Å². The van der Waals surface area contributed by atoms with E-state index in [0.717, 1.165) is 18.6 Å². The molecule has 0 aliphatic rings. The van der Waals surface area contributed by atoms with Crippen LogP contribution >= 0.6 is 11.8 Å². The van der Waals surface area contributed by atoms with Crippen molar-refractivity contribution in [2.24, 2.45) is 0 Å². The van der Waals surface area contributed by atoms with Crippen LogP contribution in [-0.4, -0.2) is 21.4 Å². The van der Waals surface area contributed by atoms with Gasteiger partial charge in [-0.3, -0.25) is 4.79 Å². The van der Waals surface area contributed by atoms with Gasteiger partial charge in [-0.2, -0.15) is 0 Å². The molecule has 0 fully saturated rings. The number of aromatic nitrogens is 2. The number of hydrogen-bond acceptors (Lipinski definition) is 5. The van der Waals surface area contributed by atoms with E-state index in [1.807, 2.05) is 13.8 Å². The van der Waals surface area contributed by atoms with E-state index in [1.54, 1.807) is 0 Å². The number of nitrogens with one attached hydrogen (secondary N) is 1. The molecule has 0 aliphatic heterocycles. The molecule has 1 unspecified atom stereocenters. The first-order chi connectivity index (χ1) is 10.5. The lowest BCUT2D eigenvalue weighted by Crippen LogP contribution is -2.25. The van der Waals surface area contributed by atoms with Crippen molar-refractivity contribution in [2.75, 3.05) is 0 Å². The normalized spacial score (nSPS) is 12.2. The fourth-order valence-corrected chi connectivity index (χ4v) is 2.31. The SMILES string of the molecule is CCC(C)Sc1nnc(CNC(=O)c2c(F)cccc2F)o1. The van der Waals surface area contributed by atoms with Crippen LogP contribution in [0.5, 0.6) is 0 Å². The highest BCUT2D eigenvalue weighted by atomic mass is 32.2. The summed E-state index contributed by atoms with van der Waals surface area (Å²) in [5.41, 5.74) is -0.629. The van der Waals surface area contributed by atoms with Crippen molar-refractivity contribution in [1.29, 1.82) is 0 Å². The first-order valence-corrected chi connectivity index (χ1v) is 7.60. The lowest BCUT2D eigenvalue weighted by atomic mass is 10.2. The minimum absolute atomic E-state index is 0.0966. The molecular formula is C14H15F2N3O2S. The highest BCUT2D eigenvalue weighted by molar-refractivity contribution is 7.99. The maximum absolute atomic E-state index is 13.5. The summed E-state index contributed by atoms with van der Waals surface area (Å²) in [5, 5.41) is 10.7. The molecule has 0 spiro atoms. The third-order valence-electron chi connectivity index (χ3n) is 2.92. The van der Waals surface area contributed by atoms with Gasteiger partial charge in [-0.15, -0.1) is 10.2 Å². The van der Waals surface area contributed by atoms with Gasteiger partial charge in [0.15, 0.2) is 0 Å². The van der Waals surface area contributed by atoms with Gasteiger partial charge >= 0.3 is 0 Å². The van der Waals surface area contributed by atoms with Crippen LogP contribution in [0.15, 0.2) is 27.8 Å². The van der Waals surface area contributed by atoms with Crippen LogP contribution in [0.1, 0.15) is 36.5 Å². The molecule has 5 nitrogen and oxygen atoms in total. The Bertz CT molecular complexity index is 643. The number of carbonyl (C=O) groups is 1. The van der Waals surface area contributed by atoms with E-state index in [-0.39, 0.29) is 12.4 Å². The van der Waals surface area contributed by atoms with Crippen molar-refractivity contribution in [3.8, 4) is 0 Å². The topological polar surface area (TPSA) is 68.0 Å². The third kappa shape index (κ3) is 4.03. The fourth-order valence-electron chi connectivity index (χ4n) is 1.57.